The van der Waals surface area contributed by atoms with Crippen LogP contribution >= 0.6 is 15.9 Å². The molecule has 0 saturated carbocycles. The van der Waals surface area contributed by atoms with E-state index in [1.165, 1.54) is 0 Å². The Hall–Kier alpha value is -1.20. The number of halogens is 2. The fourth-order valence-electron chi connectivity index (χ4n) is 1.31. The molecule has 0 saturated heterocycles. The Kier molecular flexibility index (Phi) is 2.83. The van der Waals surface area contributed by atoms with Crippen molar-refractivity contribution in [3.8, 4) is 11.3 Å². The Morgan fingerprint density at radius 2 is 2.27 bits per heavy atom. The normalized spacial score (nSPS) is 10.6. The Morgan fingerprint density at radius 3 is 2.93 bits per heavy atom. The molecule has 0 aliphatic rings. The summed E-state index contributed by atoms with van der Waals surface area (Å²) in [6.07, 6.45) is 0. The highest BCUT2D eigenvalue weighted by Gasteiger charge is 2.10. The maximum Gasteiger partial charge on any atom is 0.146 e. The highest BCUT2D eigenvalue weighted by molar-refractivity contribution is 9.10. The predicted molar refractivity (Wildman–Crippen MR) is 59.6 cm³/mol. The summed E-state index contributed by atoms with van der Waals surface area (Å²) in [5.74, 6) is -0.312. The molecule has 0 unspecified atom stereocenters. The van der Waals surface area contributed by atoms with Crippen molar-refractivity contribution in [3.05, 3.63) is 40.2 Å². The summed E-state index contributed by atoms with van der Waals surface area (Å²) >= 11 is 3.13. The Balaban J connectivity index is 2.49. The fourth-order valence-corrected chi connectivity index (χ4v) is 1.67. The zero-order valence-corrected chi connectivity index (χ0v) is 9.38. The average Bonchev–Trinajstić information content (AvgIpc) is 2.70. The van der Waals surface area contributed by atoms with Crippen LogP contribution in [0.4, 0.5) is 4.39 Å². The third kappa shape index (κ3) is 1.93. The number of nitrogens with two attached hydrogens (primary N) is 1. The van der Waals surface area contributed by atoms with Crippen molar-refractivity contribution in [2.45, 2.75) is 6.54 Å². The van der Waals surface area contributed by atoms with Gasteiger partial charge in [0.2, 0.25) is 0 Å². The Labute approximate surface area is 94.6 Å². The standard InChI is InChI=1S/C10H9BrFN3/c11-8-3-1-2-7(10(8)12)9-4-6(5-13)14-15-9/h1-4H,5,13H2,(H,14,15). The van der Waals surface area contributed by atoms with Gasteiger partial charge in [-0.05, 0) is 34.1 Å². The lowest BCUT2D eigenvalue weighted by atomic mass is 10.1. The summed E-state index contributed by atoms with van der Waals surface area (Å²) in [7, 11) is 0. The van der Waals surface area contributed by atoms with Crippen LogP contribution in [0.5, 0.6) is 0 Å². The fraction of sp³-hybridized carbons (Fsp3) is 0.100. The molecule has 3 nitrogen and oxygen atoms in total. The zero-order chi connectivity index (χ0) is 10.8. The van der Waals surface area contributed by atoms with Crippen LogP contribution in [0, 0.1) is 5.82 Å². The topological polar surface area (TPSA) is 54.7 Å². The molecule has 3 N–H and O–H groups in total. The number of nitrogens with one attached hydrogen (secondary N) is 1. The molecule has 0 fully saturated rings. The number of nitrogens with zero attached hydrogens (tertiary/aromatic N) is 1. The van der Waals surface area contributed by atoms with Crippen molar-refractivity contribution in [2.75, 3.05) is 0 Å². The van der Waals surface area contributed by atoms with Gasteiger partial charge in [0, 0.05) is 17.8 Å². The van der Waals surface area contributed by atoms with Gasteiger partial charge in [-0.15, -0.1) is 0 Å². The molecule has 0 atom stereocenters. The van der Waals surface area contributed by atoms with Crippen LogP contribution in [0.2, 0.25) is 0 Å². The van der Waals surface area contributed by atoms with Gasteiger partial charge in [-0.2, -0.15) is 5.10 Å². The van der Waals surface area contributed by atoms with Gasteiger partial charge in [0.05, 0.1) is 10.2 Å². The maximum absolute atomic E-state index is 13.7. The molecule has 1 aromatic heterocycles. The molecular weight excluding hydrogens is 261 g/mol. The lowest BCUT2D eigenvalue weighted by Crippen LogP contribution is -1.95. The highest BCUT2D eigenvalue weighted by Crippen LogP contribution is 2.26. The highest BCUT2D eigenvalue weighted by atomic mass is 79.9. The van der Waals surface area contributed by atoms with Crippen LogP contribution in [0.15, 0.2) is 28.7 Å². The van der Waals surface area contributed by atoms with Gasteiger partial charge in [0.25, 0.3) is 0 Å². The van der Waals surface area contributed by atoms with Crippen LogP contribution in [0.1, 0.15) is 5.69 Å². The third-order valence-electron chi connectivity index (χ3n) is 2.08. The van der Waals surface area contributed by atoms with E-state index in [2.05, 4.69) is 26.1 Å². The number of aromatic amines is 1. The third-order valence-corrected chi connectivity index (χ3v) is 2.69. The van der Waals surface area contributed by atoms with Crippen molar-refractivity contribution in [2.24, 2.45) is 5.73 Å². The predicted octanol–water partition coefficient (Wildman–Crippen LogP) is 2.44. The van der Waals surface area contributed by atoms with Gasteiger partial charge < -0.3 is 5.73 Å². The van der Waals surface area contributed by atoms with Gasteiger partial charge in [-0.1, -0.05) is 6.07 Å². The summed E-state index contributed by atoms with van der Waals surface area (Å²) in [4.78, 5) is 0. The van der Waals surface area contributed by atoms with E-state index in [0.717, 1.165) is 5.69 Å². The first-order valence-electron chi connectivity index (χ1n) is 4.41. The number of aromatic nitrogens is 2. The molecule has 0 bridgehead atoms. The lowest BCUT2D eigenvalue weighted by Gasteiger charge is -2.00. The number of benzene rings is 1. The number of hydrogen-bond donors (Lipinski definition) is 2. The molecule has 15 heavy (non-hydrogen) atoms. The van der Waals surface area contributed by atoms with Crippen molar-refractivity contribution >= 4 is 15.9 Å². The van der Waals surface area contributed by atoms with Gasteiger partial charge in [0.15, 0.2) is 0 Å². The molecule has 0 radical (unpaired) electrons. The van der Waals surface area contributed by atoms with E-state index in [4.69, 9.17) is 5.73 Å². The monoisotopic (exact) mass is 269 g/mol. The first-order chi connectivity index (χ1) is 7.22. The summed E-state index contributed by atoms with van der Waals surface area (Å²) in [5.41, 5.74) is 7.24. The van der Waals surface area contributed by atoms with Gasteiger partial charge in [-0.25, -0.2) is 4.39 Å². The average molecular weight is 270 g/mol. The largest absolute Gasteiger partial charge is 0.325 e. The van der Waals surface area contributed by atoms with Crippen LogP contribution < -0.4 is 5.73 Å². The minimum Gasteiger partial charge on any atom is -0.325 e. The molecule has 0 amide bonds. The summed E-state index contributed by atoms with van der Waals surface area (Å²) < 4.78 is 14.1. The second-order valence-electron chi connectivity index (χ2n) is 3.08. The minimum absolute atomic E-state index is 0.312. The molecule has 0 aliphatic carbocycles. The van der Waals surface area contributed by atoms with E-state index in [1.54, 1.807) is 24.3 Å². The van der Waals surface area contributed by atoms with Gasteiger partial charge >= 0.3 is 0 Å². The van der Waals surface area contributed by atoms with E-state index in [1.807, 2.05) is 0 Å². The van der Waals surface area contributed by atoms with Crippen LogP contribution in [-0.2, 0) is 6.54 Å². The Morgan fingerprint density at radius 1 is 1.47 bits per heavy atom. The van der Waals surface area contributed by atoms with E-state index in [-0.39, 0.29) is 5.82 Å². The van der Waals surface area contributed by atoms with E-state index in [0.29, 0.717) is 22.3 Å². The maximum atomic E-state index is 13.7. The molecule has 0 spiro atoms. The van der Waals surface area contributed by atoms with Crippen molar-refractivity contribution in [3.63, 3.8) is 0 Å². The van der Waals surface area contributed by atoms with Crippen molar-refractivity contribution < 1.29 is 4.39 Å². The Bertz CT molecular complexity index is 481. The number of rotatable bonds is 2. The summed E-state index contributed by atoms with van der Waals surface area (Å²) in [5, 5.41) is 6.74. The summed E-state index contributed by atoms with van der Waals surface area (Å²) in [6, 6.07) is 6.83. The first-order valence-corrected chi connectivity index (χ1v) is 5.20. The molecule has 2 aromatic rings. The van der Waals surface area contributed by atoms with Gasteiger partial charge in [-0.3, -0.25) is 5.10 Å². The minimum atomic E-state index is -0.312. The molecule has 2 rings (SSSR count). The molecule has 78 valence electrons. The SMILES string of the molecule is NCc1cc(-c2cccc(Br)c2F)n[nH]1. The first kappa shape index (κ1) is 10.3. The van der Waals surface area contributed by atoms with Crippen molar-refractivity contribution in [1.82, 2.24) is 10.2 Å². The van der Waals surface area contributed by atoms with Gasteiger partial charge in [0.1, 0.15) is 5.82 Å². The molecule has 1 aromatic carbocycles. The van der Waals surface area contributed by atoms with E-state index in [9.17, 15) is 4.39 Å². The molecule has 1 heterocycles. The quantitative estimate of drug-likeness (QED) is 0.880. The molecule has 5 heteroatoms. The van der Waals surface area contributed by atoms with E-state index < -0.39 is 0 Å². The van der Waals surface area contributed by atoms with Crippen LogP contribution in [-0.4, -0.2) is 10.2 Å². The van der Waals surface area contributed by atoms with Crippen LogP contribution in [0.3, 0.4) is 0 Å². The lowest BCUT2D eigenvalue weighted by molar-refractivity contribution is 0.624. The second kappa shape index (κ2) is 4.12. The second-order valence-corrected chi connectivity index (χ2v) is 3.94. The number of hydrogen-bond acceptors (Lipinski definition) is 2. The van der Waals surface area contributed by atoms with Crippen molar-refractivity contribution in [1.29, 1.82) is 0 Å². The molecule has 0 aliphatic heterocycles. The van der Waals surface area contributed by atoms with E-state index >= 15 is 0 Å². The zero-order valence-electron chi connectivity index (χ0n) is 7.80. The summed E-state index contributed by atoms with van der Waals surface area (Å²) in [6.45, 7) is 0.364. The smallest absolute Gasteiger partial charge is 0.146 e. The van der Waals surface area contributed by atoms with Crippen LogP contribution in [0.25, 0.3) is 11.3 Å². The molecular formula is C10H9BrFN3. The number of H-pyrrole nitrogens is 1.